The number of rotatable bonds is 5. The number of nitrogens with one attached hydrogen (secondary N) is 1. The van der Waals surface area contributed by atoms with Gasteiger partial charge in [-0.2, -0.15) is 0 Å². The van der Waals surface area contributed by atoms with E-state index in [2.05, 4.69) is 5.32 Å². The first-order valence-corrected chi connectivity index (χ1v) is 7.84. The Morgan fingerprint density at radius 2 is 1.88 bits per heavy atom. The van der Waals surface area contributed by atoms with Gasteiger partial charge in [-0.3, -0.25) is 4.79 Å². The summed E-state index contributed by atoms with van der Waals surface area (Å²) in [6.45, 7) is 1.49. The van der Waals surface area contributed by atoms with E-state index in [1.165, 1.54) is 6.08 Å². The zero-order valence-electron chi connectivity index (χ0n) is 13.7. The van der Waals surface area contributed by atoms with E-state index in [1.807, 2.05) is 37.3 Å². The minimum Gasteiger partial charge on any atom is -0.456 e. The van der Waals surface area contributed by atoms with Crippen molar-refractivity contribution in [1.29, 1.82) is 0 Å². The van der Waals surface area contributed by atoms with Gasteiger partial charge in [0, 0.05) is 22.5 Å². The van der Waals surface area contributed by atoms with Gasteiger partial charge in [-0.15, -0.1) is 0 Å². The van der Waals surface area contributed by atoms with Crippen LogP contribution >= 0.6 is 0 Å². The number of benzene rings is 2. The number of esters is 1. The Balaban J connectivity index is 1.67. The molecule has 126 valence electrons. The number of hydrogen-bond donors (Lipinski definition) is 1. The highest BCUT2D eigenvalue weighted by atomic mass is 16.5. The standard InChI is InChI=1S/C20H17NO4/c1-2-3-4-9-20(23)24-13-19(22)21-14-10-11-18-16(12-14)15-7-5-6-8-17(15)25-18/h2-12H,13H2,1H3,(H,21,22)/b3-2+,9-4+. The quantitative estimate of drug-likeness (QED) is 0.431. The van der Waals surface area contributed by atoms with Gasteiger partial charge in [0.05, 0.1) is 0 Å². The third-order valence-electron chi connectivity index (χ3n) is 3.54. The van der Waals surface area contributed by atoms with Crippen molar-refractivity contribution in [2.24, 2.45) is 0 Å². The van der Waals surface area contributed by atoms with Crippen molar-refractivity contribution in [3.05, 3.63) is 66.8 Å². The number of carbonyl (C=O) groups excluding carboxylic acids is 2. The molecule has 1 N–H and O–H groups in total. The molecule has 0 fully saturated rings. The minimum atomic E-state index is -0.565. The Hall–Kier alpha value is -3.34. The van der Waals surface area contributed by atoms with Crippen molar-refractivity contribution in [3.8, 4) is 0 Å². The van der Waals surface area contributed by atoms with Gasteiger partial charge >= 0.3 is 5.97 Å². The van der Waals surface area contributed by atoms with Gasteiger partial charge in [-0.25, -0.2) is 4.79 Å². The maximum atomic E-state index is 11.9. The van der Waals surface area contributed by atoms with E-state index in [0.717, 1.165) is 21.9 Å². The van der Waals surface area contributed by atoms with E-state index >= 15 is 0 Å². The lowest BCUT2D eigenvalue weighted by Gasteiger charge is -2.05. The Kier molecular flexibility index (Phi) is 4.95. The normalized spacial score (nSPS) is 11.6. The van der Waals surface area contributed by atoms with Crippen LogP contribution in [0.1, 0.15) is 6.92 Å². The molecular formula is C20H17NO4. The molecule has 2 aromatic carbocycles. The van der Waals surface area contributed by atoms with Gasteiger partial charge in [0.15, 0.2) is 6.61 Å². The molecule has 25 heavy (non-hydrogen) atoms. The molecule has 0 aliphatic rings. The molecule has 0 aliphatic carbocycles. The second-order valence-corrected chi connectivity index (χ2v) is 5.35. The summed E-state index contributed by atoms with van der Waals surface area (Å²) in [6, 6.07) is 13.1. The topological polar surface area (TPSA) is 68.5 Å². The molecule has 5 heteroatoms. The highest BCUT2D eigenvalue weighted by Gasteiger charge is 2.09. The van der Waals surface area contributed by atoms with E-state index in [-0.39, 0.29) is 6.61 Å². The predicted molar refractivity (Wildman–Crippen MR) is 97.3 cm³/mol. The average molecular weight is 335 g/mol. The van der Waals surface area contributed by atoms with E-state index in [0.29, 0.717) is 5.69 Å². The van der Waals surface area contributed by atoms with E-state index in [9.17, 15) is 9.59 Å². The third kappa shape index (κ3) is 3.95. The molecular weight excluding hydrogens is 318 g/mol. The molecule has 3 aromatic rings. The highest BCUT2D eigenvalue weighted by Crippen LogP contribution is 2.30. The van der Waals surface area contributed by atoms with Crippen LogP contribution < -0.4 is 5.32 Å². The number of fused-ring (bicyclic) bond motifs is 3. The van der Waals surface area contributed by atoms with E-state index < -0.39 is 11.9 Å². The van der Waals surface area contributed by atoms with Crippen LogP contribution in [0, 0.1) is 0 Å². The molecule has 0 bridgehead atoms. The van der Waals surface area contributed by atoms with Crippen molar-refractivity contribution >= 4 is 39.5 Å². The lowest BCUT2D eigenvalue weighted by Crippen LogP contribution is -2.20. The van der Waals surface area contributed by atoms with E-state index in [4.69, 9.17) is 9.15 Å². The maximum Gasteiger partial charge on any atom is 0.331 e. The smallest absolute Gasteiger partial charge is 0.331 e. The van der Waals surface area contributed by atoms with Crippen LogP contribution in [-0.2, 0) is 14.3 Å². The Morgan fingerprint density at radius 1 is 1.08 bits per heavy atom. The molecule has 0 saturated carbocycles. The van der Waals surface area contributed by atoms with Crippen LogP contribution in [0.5, 0.6) is 0 Å². The minimum absolute atomic E-state index is 0.344. The lowest BCUT2D eigenvalue weighted by molar-refractivity contribution is -0.142. The number of amides is 1. The summed E-state index contributed by atoms with van der Waals surface area (Å²) in [6.07, 6.45) is 6.30. The molecule has 0 radical (unpaired) electrons. The number of furan rings is 1. The molecule has 1 heterocycles. The fourth-order valence-electron chi connectivity index (χ4n) is 2.43. The Bertz CT molecular complexity index is 982. The summed E-state index contributed by atoms with van der Waals surface area (Å²) in [5, 5.41) is 4.61. The van der Waals surface area contributed by atoms with Crippen LogP contribution in [-0.4, -0.2) is 18.5 Å². The summed E-state index contributed by atoms with van der Waals surface area (Å²) in [4.78, 5) is 23.4. The summed E-state index contributed by atoms with van der Waals surface area (Å²) in [5.41, 5.74) is 2.16. The molecule has 5 nitrogen and oxygen atoms in total. The van der Waals surface area contributed by atoms with Gasteiger partial charge in [0.2, 0.25) is 0 Å². The zero-order chi connectivity index (χ0) is 17.6. The second-order valence-electron chi connectivity index (χ2n) is 5.35. The molecule has 0 atom stereocenters. The van der Waals surface area contributed by atoms with Crippen LogP contribution in [0.25, 0.3) is 21.9 Å². The number of hydrogen-bond acceptors (Lipinski definition) is 4. The first-order chi connectivity index (χ1) is 12.2. The van der Waals surface area contributed by atoms with Crippen LogP contribution in [0.4, 0.5) is 5.69 Å². The second kappa shape index (κ2) is 7.49. The first kappa shape index (κ1) is 16.5. The van der Waals surface area contributed by atoms with Gasteiger partial charge in [0.1, 0.15) is 11.2 Å². The molecule has 1 amide bonds. The summed E-state index contributed by atoms with van der Waals surface area (Å²) in [7, 11) is 0. The molecule has 0 aliphatic heterocycles. The van der Waals surface area contributed by atoms with Gasteiger partial charge in [-0.1, -0.05) is 36.4 Å². The van der Waals surface area contributed by atoms with Gasteiger partial charge in [-0.05, 0) is 31.2 Å². The van der Waals surface area contributed by atoms with Crippen molar-refractivity contribution < 1.29 is 18.7 Å². The first-order valence-electron chi connectivity index (χ1n) is 7.84. The number of para-hydroxylation sites is 1. The van der Waals surface area contributed by atoms with Crippen molar-refractivity contribution in [2.45, 2.75) is 6.92 Å². The number of ether oxygens (including phenoxy) is 1. The summed E-state index contributed by atoms with van der Waals surface area (Å²) >= 11 is 0. The molecule has 0 saturated heterocycles. The Labute approximate surface area is 144 Å². The van der Waals surface area contributed by atoms with Crippen LogP contribution in [0.3, 0.4) is 0 Å². The van der Waals surface area contributed by atoms with Crippen molar-refractivity contribution in [1.82, 2.24) is 0 Å². The molecule has 1 aromatic heterocycles. The number of anilines is 1. The van der Waals surface area contributed by atoms with Crippen molar-refractivity contribution in [3.63, 3.8) is 0 Å². The molecule has 3 rings (SSSR count). The zero-order valence-corrected chi connectivity index (χ0v) is 13.7. The fraction of sp³-hybridized carbons (Fsp3) is 0.100. The summed E-state index contributed by atoms with van der Waals surface area (Å²) in [5.74, 6) is -0.968. The SMILES string of the molecule is C/C=C/C=C/C(=O)OCC(=O)Nc1ccc2oc3ccccc3c2c1. The maximum absolute atomic E-state index is 11.9. The predicted octanol–water partition coefficient (Wildman–Crippen LogP) is 4.20. The lowest BCUT2D eigenvalue weighted by atomic mass is 10.1. The van der Waals surface area contributed by atoms with Crippen LogP contribution in [0.2, 0.25) is 0 Å². The average Bonchev–Trinajstić information content (AvgIpc) is 2.98. The molecule has 0 unspecified atom stereocenters. The van der Waals surface area contributed by atoms with E-state index in [1.54, 1.807) is 30.4 Å². The van der Waals surface area contributed by atoms with Crippen molar-refractivity contribution in [2.75, 3.05) is 11.9 Å². The molecule has 0 spiro atoms. The number of allylic oxidation sites excluding steroid dienone is 3. The largest absolute Gasteiger partial charge is 0.456 e. The monoisotopic (exact) mass is 335 g/mol. The highest BCUT2D eigenvalue weighted by molar-refractivity contribution is 6.07. The van der Waals surface area contributed by atoms with Gasteiger partial charge < -0.3 is 14.5 Å². The third-order valence-corrected chi connectivity index (χ3v) is 3.54. The number of carbonyl (C=O) groups is 2. The summed E-state index contributed by atoms with van der Waals surface area (Å²) < 4.78 is 10.6. The van der Waals surface area contributed by atoms with Gasteiger partial charge in [0.25, 0.3) is 5.91 Å². The Morgan fingerprint density at radius 3 is 2.72 bits per heavy atom. The fourth-order valence-corrected chi connectivity index (χ4v) is 2.43. The van der Waals surface area contributed by atoms with Crippen LogP contribution in [0.15, 0.2) is 71.2 Å².